The zero-order chi connectivity index (χ0) is 11.7. The summed E-state index contributed by atoms with van der Waals surface area (Å²) in [6.07, 6.45) is 0.181. The van der Waals surface area contributed by atoms with Crippen LogP contribution in [0, 0.1) is 0 Å². The first kappa shape index (κ1) is 17.4. The first-order chi connectivity index (χ1) is 7.14. The van der Waals surface area contributed by atoms with Gasteiger partial charge in [0.15, 0.2) is 0 Å². The standard InChI is InChI=1S/C9H18O2.2ClH.2Hg/c1-6-10-8(3)9(4,5)11-7-2;;;;/h8H,3-4,6-7H2,1-2,5H3;2*1H;;/q;;;2*+1/p-2/t8-,9+;;;;/m0..../s1. The second-order valence-electron chi connectivity index (χ2n) is 3.61. The predicted octanol–water partition coefficient (Wildman–Crippen LogP) is 3.50. The maximum absolute atomic E-state index is 6.04. The third kappa shape index (κ3) is 6.76. The summed E-state index contributed by atoms with van der Waals surface area (Å²) in [7, 11) is 12.0. The first-order valence-corrected chi connectivity index (χ1v) is 26.8. The molecule has 0 aromatic heterocycles. The van der Waals surface area contributed by atoms with Gasteiger partial charge in [-0.25, -0.2) is 0 Å². The zero-order valence-electron chi connectivity index (χ0n) is 9.89. The Hall–Kier alpha value is 2.37. The van der Waals surface area contributed by atoms with Crippen molar-refractivity contribution in [2.75, 3.05) is 13.2 Å². The van der Waals surface area contributed by atoms with Crippen molar-refractivity contribution in [3.05, 3.63) is 0 Å². The summed E-state index contributed by atoms with van der Waals surface area (Å²) in [4.78, 5) is 0. The molecule has 84 valence electrons. The van der Waals surface area contributed by atoms with Crippen molar-refractivity contribution in [3.63, 3.8) is 0 Å². The molecule has 0 aliphatic heterocycles. The number of hydrogen-bond acceptors (Lipinski definition) is 2. The molecule has 0 saturated heterocycles. The van der Waals surface area contributed by atoms with E-state index in [1.165, 1.54) is 0 Å². The van der Waals surface area contributed by atoms with Crippen molar-refractivity contribution in [3.8, 4) is 0 Å². The molecule has 0 spiro atoms. The molecule has 0 rings (SSSR count). The number of ether oxygens (including phenoxy) is 2. The molecule has 0 saturated carbocycles. The van der Waals surface area contributed by atoms with Gasteiger partial charge in [-0.05, 0) is 0 Å². The van der Waals surface area contributed by atoms with Gasteiger partial charge in [0.25, 0.3) is 0 Å². The van der Waals surface area contributed by atoms with Crippen LogP contribution in [-0.4, -0.2) is 24.9 Å². The van der Waals surface area contributed by atoms with Crippen LogP contribution in [-0.2, 0) is 56.2 Å². The minimum absolute atomic E-state index is 0.164. The molecule has 2 nitrogen and oxygen atoms in total. The van der Waals surface area contributed by atoms with Crippen LogP contribution in [0.1, 0.15) is 20.8 Å². The van der Waals surface area contributed by atoms with Gasteiger partial charge in [-0.1, -0.05) is 0 Å². The van der Waals surface area contributed by atoms with Crippen LogP contribution >= 0.6 is 16.5 Å². The van der Waals surface area contributed by atoms with E-state index in [0.29, 0.717) is 0 Å². The first-order valence-electron chi connectivity index (χ1n) is 5.52. The third-order valence-electron chi connectivity index (χ3n) is 2.49. The summed E-state index contributed by atoms with van der Waals surface area (Å²) in [5, 5.41) is 0. The SMILES string of the molecule is CCO[C@@H]([CH2][Hg][Cl])[C@](C)([CH2][Hg][Cl])OCC. The molecule has 0 bridgehead atoms. The topological polar surface area (TPSA) is 18.5 Å². The Kier molecular flexibility index (Phi) is 11.9. The molecule has 0 N–H and O–H groups in total. The normalized spacial score (nSPS) is 16.3. The van der Waals surface area contributed by atoms with Crippen LogP contribution < -0.4 is 0 Å². The quantitative estimate of drug-likeness (QED) is 0.364. The van der Waals surface area contributed by atoms with Gasteiger partial charge >= 0.3 is 126 Å². The molecule has 0 aromatic carbocycles. The third-order valence-corrected chi connectivity index (χ3v) is 13.5. The zero-order valence-corrected chi connectivity index (χ0v) is 22.4. The van der Waals surface area contributed by atoms with E-state index in [4.69, 9.17) is 26.0 Å². The van der Waals surface area contributed by atoms with Gasteiger partial charge in [-0.2, -0.15) is 0 Å². The molecule has 0 aliphatic carbocycles. The fourth-order valence-corrected chi connectivity index (χ4v) is 13.8. The van der Waals surface area contributed by atoms with E-state index >= 15 is 0 Å². The maximum atomic E-state index is 6.04. The van der Waals surface area contributed by atoms with Gasteiger partial charge in [0.1, 0.15) is 0 Å². The summed E-state index contributed by atoms with van der Waals surface area (Å²) >= 11 is -2.41. The van der Waals surface area contributed by atoms with Gasteiger partial charge in [0.05, 0.1) is 0 Å². The Labute approximate surface area is 124 Å². The average molecular weight is 630 g/mol. The molecule has 0 aromatic rings. The van der Waals surface area contributed by atoms with E-state index in [-0.39, 0.29) is 11.7 Å². The Bertz CT molecular complexity index is 149. The molecule has 0 radical (unpaired) electrons. The Morgan fingerprint density at radius 1 is 1.20 bits per heavy atom. The molecule has 0 aliphatic rings. The van der Waals surface area contributed by atoms with Crippen LogP contribution in [0.4, 0.5) is 0 Å². The van der Waals surface area contributed by atoms with Crippen LogP contribution in [0.15, 0.2) is 0 Å². The fraction of sp³-hybridized carbons (Fsp3) is 1.00. The second-order valence-corrected chi connectivity index (χ2v) is 17.4. The summed E-state index contributed by atoms with van der Waals surface area (Å²) in [5.41, 5.74) is -0.164. The summed E-state index contributed by atoms with van der Waals surface area (Å²) < 4.78 is 13.7. The van der Waals surface area contributed by atoms with E-state index in [2.05, 4.69) is 6.92 Å². The predicted molar refractivity (Wildman–Crippen MR) is 56.8 cm³/mol. The second kappa shape index (κ2) is 10.3. The average Bonchev–Trinajstić information content (AvgIpc) is 2.18. The van der Waals surface area contributed by atoms with Crippen molar-refractivity contribution in [1.82, 2.24) is 0 Å². The summed E-state index contributed by atoms with van der Waals surface area (Å²) in [6.45, 7) is 7.65. The molecule has 0 fully saturated rings. The van der Waals surface area contributed by atoms with Crippen LogP contribution in [0.5, 0.6) is 0 Å². The van der Waals surface area contributed by atoms with Gasteiger partial charge < -0.3 is 0 Å². The number of rotatable bonds is 9. The van der Waals surface area contributed by atoms with Crippen LogP contribution in [0.2, 0.25) is 7.86 Å². The summed E-state index contributed by atoms with van der Waals surface area (Å²) in [5.74, 6) is 0. The van der Waals surface area contributed by atoms with Gasteiger partial charge in [0.2, 0.25) is 0 Å². The molecule has 0 unspecified atom stereocenters. The summed E-state index contributed by atoms with van der Waals surface area (Å²) in [6, 6.07) is 0. The van der Waals surface area contributed by atoms with E-state index in [1.807, 2.05) is 13.8 Å². The molecule has 15 heavy (non-hydrogen) atoms. The van der Waals surface area contributed by atoms with E-state index in [0.717, 1.165) is 21.1 Å². The molecule has 0 heterocycles. The van der Waals surface area contributed by atoms with Gasteiger partial charge in [-0.15, -0.1) is 0 Å². The van der Waals surface area contributed by atoms with Crippen molar-refractivity contribution in [1.29, 1.82) is 0 Å². The number of halogens is 2. The molecule has 2 atom stereocenters. The molecular formula is C9H18Cl2Hg2O2. The Morgan fingerprint density at radius 3 is 2.27 bits per heavy atom. The van der Waals surface area contributed by atoms with E-state index < -0.39 is 46.7 Å². The molecule has 0 amide bonds. The van der Waals surface area contributed by atoms with Crippen LogP contribution in [0.25, 0.3) is 0 Å². The van der Waals surface area contributed by atoms with Crippen molar-refractivity contribution in [2.24, 2.45) is 0 Å². The fourth-order valence-electron chi connectivity index (χ4n) is 1.71. The van der Waals surface area contributed by atoms with E-state index in [1.54, 1.807) is 0 Å². The Balaban J connectivity index is 4.48. The van der Waals surface area contributed by atoms with Crippen molar-refractivity contribution >= 4 is 16.5 Å². The van der Waals surface area contributed by atoms with Gasteiger partial charge in [0, 0.05) is 0 Å². The minimum atomic E-state index is -1.22. The Morgan fingerprint density at radius 2 is 1.87 bits per heavy atom. The van der Waals surface area contributed by atoms with Crippen molar-refractivity contribution in [2.45, 2.75) is 40.3 Å². The molecule has 6 heteroatoms. The number of hydrogen-bond donors (Lipinski definition) is 0. The van der Waals surface area contributed by atoms with Gasteiger partial charge in [-0.3, -0.25) is 0 Å². The van der Waals surface area contributed by atoms with E-state index in [9.17, 15) is 0 Å². The van der Waals surface area contributed by atoms with Crippen LogP contribution in [0.3, 0.4) is 0 Å². The van der Waals surface area contributed by atoms with Crippen molar-refractivity contribution < 1.29 is 56.2 Å². The molecular weight excluding hydrogens is 612 g/mol. The monoisotopic (exact) mass is 632 g/mol.